The maximum Gasteiger partial charge on any atom is 0.409 e. The fourth-order valence-corrected chi connectivity index (χ4v) is 3.28. The van der Waals surface area contributed by atoms with Crippen molar-refractivity contribution in [3.63, 3.8) is 0 Å². The summed E-state index contributed by atoms with van der Waals surface area (Å²) < 4.78 is 9.60. The number of methoxy groups -OCH3 is 1. The zero-order valence-electron chi connectivity index (χ0n) is 18.0. The van der Waals surface area contributed by atoms with Crippen molar-refractivity contribution in [3.8, 4) is 0 Å². The first kappa shape index (κ1) is 24.1. The molecule has 1 aromatic heterocycles. The Morgan fingerprint density at radius 3 is 2.58 bits per heavy atom. The smallest absolute Gasteiger partial charge is 0.409 e. The molecule has 1 aliphatic rings. The van der Waals surface area contributed by atoms with Crippen molar-refractivity contribution in [1.29, 1.82) is 0 Å². The van der Waals surface area contributed by atoms with E-state index in [2.05, 4.69) is 25.3 Å². The van der Waals surface area contributed by atoms with Gasteiger partial charge in [0.25, 0.3) is 0 Å². The molecule has 0 aliphatic carbocycles. The molecule has 2 heterocycles. The van der Waals surface area contributed by atoms with Crippen LogP contribution in [0.1, 0.15) is 45.4 Å². The fraction of sp³-hybridized carbons (Fsp3) is 0.684. The summed E-state index contributed by atoms with van der Waals surface area (Å²) in [5.41, 5.74) is -0.204. The largest absolute Gasteiger partial charge is 0.469 e. The van der Waals surface area contributed by atoms with Crippen molar-refractivity contribution in [2.24, 2.45) is 0 Å². The van der Waals surface area contributed by atoms with Crippen LogP contribution in [0.3, 0.4) is 0 Å². The number of aromatic nitrogens is 2. The van der Waals surface area contributed by atoms with Crippen LogP contribution in [0.4, 0.5) is 22.1 Å². The molecule has 1 aromatic rings. The first-order chi connectivity index (χ1) is 15.0. The molecule has 2 N–H and O–H groups in total. The van der Waals surface area contributed by atoms with Crippen molar-refractivity contribution < 1.29 is 24.0 Å². The summed E-state index contributed by atoms with van der Waals surface area (Å²) in [6.45, 7) is 3.58. The lowest BCUT2D eigenvalue weighted by molar-refractivity contribution is -0.383. The van der Waals surface area contributed by atoms with Gasteiger partial charge in [-0.2, -0.15) is 0 Å². The zero-order valence-corrected chi connectivity index (χ0v) is 18.0. The molecule has 12 heteroatoms. The van der Waals surface area contributed by atoms with Gasteiger partial charge in [0, 0.05) is 32.1 Å². The van der Waals surface area contributed by atoms with Gasteiger partial charge in [-0.05, 0) is 32.6 Å². The van der Waals surface area contributed by atoms with Crippen molar-refractivity contribution in [2.75, 3.05) is 44.0 Å². The van der Waals surface area contributed by atoms with Crippen LogP contribution >= 0.6 is 0 Å². The van der Waals surface area contributed by atoms with Crippen LogP contribution in [0.15, 0.2) is 6.33 Å². The van der Waals surface area contributed by atoms with Gasteiger partial charge in [0.05, 0.1) is 18.6 Å². The number of ether oxygens (including phenoxy) is 2. The molecule has 0 atom stereocenters. The Labute approximate surface area is 180 Å². The van der Waals surface area contributed by atoms with Crippen LogP contribution < -0.4 is 10.6 Å². The number of rotatable bonds is 11. The summed E-state index contributed by atoms with van der Waals surface area (Å²) in [7, 11) is 1.35. The Balaban J connectivity index is 1.89. The van der Waals surface area contributed by atoms with Crippen LogP contribution in [0.25, 0.3) is 0 Å². The van der Waals surface area contributed by atoms with Crippen molar-refractivity contribution in [1.82, 2.24) is 14.9 Å². The number of unbranched alkanes of at least 4 members (excludes halogenated alkanes) is 2. The van der Waals surface area contributed by atoms with Gasteiger partial charge in [0.2, 0.25) is 11.6 Å². The summed E-state index contributed by atoms with van der Waals surface area (Å²) in [5.74, 6) is 0.0606. The fourth-order valence-electron chi connectivity index (χ4n) is 3.28. The minimum Gasteiger partial charge on any atom is -0.469 e. The monoisotopic (exact) mass is 438 g/mol. The van der Waals surface area contributed by atoms with Crippen LogP contribution in [0, 0.1) is 10.1 Å². The molecule has 2 rings (SSSR count). The van der Waals surface area contributed by atoms with Crippen LogP contribution in [0.5, 0.6) is 0 Å². The van der Waals surface area contributed by atoms with E-state index in [1.165, 1.54) is 13.4 Å². The molecule has 0 saturated carbocycles. The Hall–Kier alpha value is -3.18. The van der Waals surface area contributed by atoms with E-state index in [4.69, 9.17) is 4.74 Å². The number of hydrogen-bond acceptors (Lipinski definition) is 10. The van der Waals surface area contributed by atoms with Crippen molar-refractivity contribution in [3.05, 3.63) is 16.4 Å². The summed E-state index contributed by atoms with van der Waals surface area (Å²) in [6, 6.07) is -0.0505. The SMILES string of the molecule is CCOC(=O)N1CCC(Nc2ncnc(NCCCCCC(=O)OC)c2[N+](=O)[O-])CC1. The molecule has 1 aliphatic heterocycles. The number of carbonyl (C=O) groups is 2. The number of esters is 1. The molecule has 12 nitrogen and oxygen atoms in total. The van der Waals surface area contributed by atoms with Crippen LogP contribution in [-0.2, 0) is 14.3 Å². The molecule has 31 heavy (non-hydrogen) atoms. The molecule has 172 valence electrons. The van der Waals surface area contributed by atoms with E-state index in [0.717, 1.165) is 12.8 Å². The van der Waals surface area contributed by atoms with E-state index in [9.17, 15) is 19.7 Å². The lowest BCUT2D eigenvalue weighted by Crippen LogP contribution is -2.42. The number of hydrogen-bond donors (Lipinski definition) is 2. The predicted molar refractivity (Wildman–Crippen MR) is 113 cm³/mol. The van der Waals surface area contributed by atoms with Gasteiger partial charge in [-0.15, -0.1) is 0 Å². The summed E-state index contributed by atoms with van der Waals surface area (Å²) in [5, 5.41) is 17.8. The van der Waals surface area contributed by atoms with Gasteiger partial charge in [-0.3, -0.25) is 14.9 Å². The average Bonchev–Trinajstić information content (AvgIpc) is 2.76. The summed E-state index contributed by atoms with van der Waals surface area (Å²) in [4.78, 5) is 43.8. The third-order valence-electron chi connectivity index (χ3n) is 4.94. The van der Waals surface area contributed by atoms with E-state index in [0.29, 0.717) is 51.9 Å². The average molecular weight is 438 g/mol. The second kappa shape index (κ2) is 12.5. The van der Waals surface area contributed by atoms with E-state index >= 15 is 0 Å². The van der Waals surface area contributed by atoms with Gasteiger partial charge >= 0.3 is 17.7 Å². The van der Waals surface area contributed by atoms with E-state index in [1.807, 2.05) is 0 Å². The van der Waals surface area contributed by atoms with Gasteiger partial charge < -0.3 is 25.0 Å². The molecule has 0 bridgehead atoms. The lowest BCUT2D eigenvalue weighted by atomic mass is 10.1. The Morgan fingerprint density at radius 2 is 1.94 bits per heavy atom. The quantitative estimate of drug-likeness (QED) is 0.228. The van der Waals surface area contributed by atoms with Crippen molar-refractivity contribution >= 4 is 29.4 Å². The molecule has 0 aromatic carbocycles. The van der Waals surface area contributed by atoms with E-state index in [-0.39, 0.29) is 35.4 Å². The molecule has 0 unspecified atom stereocenters. The Morgan fingerprint density at radius 1 is 1.23 bits per heavy atom. The topological polar surface area (TPSA) is 149 Å². The summed E-state index contributed by atoms with van der Waals surface area (Å²) in [6.07, 6.45) is 4.75. The van der Waals surface area contributed by atoms with Gasteiger partial charge in [-0.25, -0.2) is 14.8 Å². The first-order valence-corrected chi connectivity index (χ1v) is 10.4. The van der Waals surface area contributed by atoms with Crippen molar-refractivity contribution in [2.45, 2.75) is 51.5 Å². The number of piperidine rings is 1. The normalized spacial score (nSPS) is 14.1. The van der Waals surface area contributed by atoms with Crippen LogP contribution in [-0.4, -0.2) is 71.2 Å². The molecule has 0 radical (unpaired) electrons. The molecular formula is C19H30N6O6. The Bertz CT molecular complexity index is 753. The van der Waals surface area contributed by atoms with E-state index < -0.39 is 4.92 Å². The second-order valence-corrected chi connectivity index (χ2v) is 7.09. The number of nitrogens with one attached hydrogen (secondary N) is 2. The molecule has 1 saturated heterocycles. The lowest BCUT2D eigenvalue weighted by Gasteiger charge is -2.31. The maximum atomic E-state index is 11.8. The highest BCUT2D eigenvalue weighted by Gasteiger charge is 2.28. The highest BCUT2D eigenvalue weighted by molar-refractivity contribution is 5.70. The number of amides is 1. The second-order valence-electron chi connectivity index (χ2n) is 7.09. The van der Waals surface area contributed by atoms with Gasteiger partial charge in [0.1, 0.15) is 6.33 Å². The van der Waals surface area contributed by atoms with Gasteiger partial charge in [0.15, 0.2) is 0 Å². The number of carbonyl (C=O) groups excluding carboxylic acids is 2. The van der Waals surface area contributed by atoms with Crippen LogP contribution in [0.2, 0.25) is 0 Å². The summed E-state index contributed by atoms with van der Waals surface area (Å²) >= 11 is 0. The number of nitrogens with zero attached hydrogens (tertiary/aromatic N) is 4. The highest BCUT2D eigenvalue weighted by Crippen LogP contribution is 2.30. The minimum atomic E-state index is -0.504. The number of likely N-dealkylation sites (tertiary alicyclic amines) is 1. The maximum absolute atomic E-state index is 11.8. The zero-order chi connectivity index (χ0) is 22.6. The molecule has 1 fully saturated rings. The molecule has 1 amide bonds. The number of anilines is 2. The first-order valence-electron chi connectivity index (χ1n) is 10.4. The predicted octanol–water partition coefficient (Wildman–Crippen LogP) is 2.56. The molecule has 0 spiro atoms. The van der Waals surface area contributed by atoms with E-state index in [1.54, 1.807) is 11.8 Å². The third kappa shape index (κ3) is 7.54. The minimum absolute atomic E-state index is 0.0505. The third-order valence-corrected chi connectivity index (χ3v) is 4.94. The number of nitro groups is 1. The standard InChI is InChI=1S/C19H30N6O6/c1-3-31-19(27)24-11-8-14(9-12-24)23-18-16(25(28)29)17(21-13-22-18)20-10-6-4-5-7-15(26)30-2/h13-14H,3-12H2,1-2H3,(H2,20,21,22,23). The molecular weight excluding hydrogens is 408 g/mol. The van der Waals surface area contributed by atoms with Gasteiger partial charge in [-0.1, -0.05) is 6.42 Å². The Kier molecular flexibility index (Phi) is 9.72. The highest BCUT2D eigenvalue weighted by atomic mass is 16.6.